The van der Waals surface area contributed by atoms with Crippen molar-refractivity contribution in [2.45, 2.75) is 19.4 Å². The Labute approximate surface area is 145 Å². The van der Waals surface area contributed by atoms with Gasteiger partial charge in [-0.2, -0.15) is 0 Å². The van der Waals surface area contributed by atoms with Crippen molar-refractivity contribution in [3.8, 4) is 17.2 Å². The maximum absolute atomic E-state index is 12.3. The van der Waals surface area contributed by atoms with Crippen molar-refractivity contribution in [3.63, 3.8) is 0 Å². The van der Waals surface area contributed by atoms with Gasteiger partial charge < -0.3 is 20.4 Å². The summed E-state index contributed by atoms with van der Waals surface area (Å²) in [5.74, 6) is -0.880. The lowest BCUT2D eigenvalue weighted by Gasteiger charge is -2.14. The van der Waals surface area contributed by atoms with Gasteiger partial charge in [-0.25, -0.2) is 0 Å². The Morgan fingerprint density at radius 1 is 1.12 bits per heavy atom. The fourth-order valence-electron chi connectivity index (χ4n) is 2.24. The van der Waals surface area contributed by atoms with E-state index in [0.29, 0.717) is 11.1 Å². The Balaban J connectivity index is 2.27. The van der Waals surface area contributed by atoms with Crippen LogP contribution in [0.2, 0.25) is 0 Å². The van der Waals surface area contributed by atoms with Crippen LogP contribution < -0.4 is 0 Å². The van der Waals surface area contributed by atoms with Gasteiger partial charge in [0.1, 0.15) is 17.2 Å². The van der Waals surface area contributed by atoms with Crippen molar-refractivity contribution in [1.82, 2.24) is 0 Å². The van der Waals surface area contributed by atoms with Gasteiger partial charge in [0.25, 0.3) is 0 Å². The van der Waals surface area contributed by atoms with Crippen LogP contribution in [-0.4, -0.2) is 32.3 Å². The van der Waals surface area contributed by atoms with Crippen molar-refractivity contribution < 1.29 is 25.2 Å². The molecule has 0 radical (unpaired) electrons. The molecule has 2 aromatic carbocycles. The minimum atomic E-state index is -0.935. The summed E-state index contributed by atoms with van der Waals surface area (Å²) in [6.07, 6.45) is 1.86. The largest absolute Gasteiger partial charge is 0.508 e. The number of aromatic hydroxyl groups is 3. The molecule has 0 saturated heterocycles. The molecule has 1 atom stereocenters. The minimum Gasteiger partial charge on any atom is -0.508 e. The van der Waals surface area contributed by atoms with Crippen LogP contribution >= 0.6 is 0 Å². The van der Waals surface area contributed by atoms with E-state index >= 15 is 0 Å². The molecule has 2 rings (SSSR count). The van der Waals surface area contributed by atoms with Crippen LogP contribution in [0.25, 0.3) is 6.08 Å². The predicted molar refractivity (Wildman–Crippen MR) is 95.8 cm³/mol. The SMILES string of the molecule is C=C(C)[C@H](O)Cc1c(O)ccc(C(=O)/C=C/c2ccc(O)cc2)c1O. The molecule has 0 amide bonds. The molecular weight excluding hydrogens is 320 g/mol. The molecule has 0 bridgehead atoms. The lowest BCUT2D eigenvalue weighted by molar-refractivity contribution is 0.104. The third kappa shape index (κ3) is 4.49. The van der Waals surface area contributed by atoms with Gasteiger partial charge in [-0.15, -0.1) is 0 Å². The number of hydrogen-bond acceptors (Lipinski definition) is 5. The van der Waals surface area contributed by atoms with Crippen molar-refractivity contribution >= 4 is 11.9 Å². The van der Waals surface area contributed by atoms with Gasteiger partial charge in [0.15, 0.2) is 5.78 Å². The van der Waals surface area contributed by atoms with E-state index in [1.807, 2.05) is 0 Å². The molecule has 0 aliphatic carbocycles. The van der Waals surface area contributed by atoms with Crippen LogP contribution in [0.1, 0.15) is 28.4 Å². The Morgan fingerprint density at radius 2 is 1.76 bits per heavy atom. The van der Waals surface area contributed by atoms with Crippen LogP contribution in [0.5, 0.6) is 17.2 Å². The minimum absolute atomic E-state index is 0.0248. The number of phenolic OH excluding ortho intramolecular Hbond substituents is 3. The molecule has 0 aliphatic heterocycles. The zero-order valence-corrected chi connectivity index (χ0v) is 13.8. The van der Waals surface area contributed by atoms with E-state index in [1.54, 1.807) is 25.1 Å². The third-order valence-electron chi connectivity index (χ3n) is 3.81. The summed E-state index contributed by atoms with van der Waals surface area (Å²) < 4.78 is 0. The second-order valence-electron chi connectivity index (χ2n) is 5.81. The van der Waals surface area contributed by atoms with Gasteiger partial charge in [0.05, 0.1) is 11.7 Å². The first-order valence-electron chi connectivity index (χ1n) is 7.68. The number of aliphatic hydroxyl groups is 1. The van der Waals surface area contributed by atoms with Crippen LogP contribution in [-0.2, 0) is 6.42 Å². The molecule has 0 saturated carbocycles. The number of aliphatic hydroxyl groups excluding tert-OH is 1. The van der Waals surface area contributed by atoms with Crippen molar-refractivity contribution in [1.29, 1.82) is 0 Å². The molecule has 130 valence electrons. The number of carbonyl (C=O) groups is 1. The fraction of sp³-hybridized carbons (Fsp3) is 0.150. The average Bonchev–Trinajstić information content (AvgIpc) is 2.57. The molecule has 2 aromatic rings. The number of hydrogen-bond donors (Lipinski definition) is 4. The molecule has 0 aliphatic rings. The second-order valence-corrected chi connectivity index (χ2v) is 5.81. The molecule has 5 heteroatoms. The lowest BCUT2D eigenvalue weighted by Crippen LogP contribution is -2.12. The highest BCUT2D eigenvalue weighted by Crippen LogP contribution is 2.33. The first-order chi connectivity index (χ1) is 11.8. The first kappa shape index (κ1) is 18.3. The lowest BCUT2D eigenvalue weighted by atomic mass is 9.97. The molecular formula is C20H20O5. The quantitative estimate of drug-likeness (QED) is 0.368. The highest BCUT2D eigenvalue weighted by molar-refractivity contribution is 6.09. The van der Waals surface area contributed by atoms with E-state index in [1.165, 1.54) is 30.3 Å². The summed E-state index contributed by atoms with van der Waals surface area (Å²) in [6.45, 7) is 5.26. The van der Waals surface area contributed by atoms with Crippen molar-refractivity contribution in [2.75, 3.05) is 0 Å². The summed E-state index contributed by atoms with van der Waals surface area (Å²) in [5.41, 5.74) is 1.32. The number of allylic oxidation sites excluding steroid dienone is 1. The predicted octanol–water partition coefficient (Wildman–Crippen LogP) is 3.18. The van der Waals surface area contributed by atoms with Gasteiger partial charge in [-0.1, -0.05) is 30.4 Å². The summed E-state index contributed by atoms with van der Waals surface area (Å²) in [6, 6.07) is 8.92. The molecule has 0 spiro atoms. The van der Waals surface area contributed by atoms with E-state index < -0.39 is 11.9 Å². The molecule has 25 heavy (non-hydrogen) atoms. The third-order valence-corrected chi connectivity index (χ3v) is 3.81. The average molecular weight is 340 g/mol. The van der Waals surface area contributed by atoms with Crippen LogP contribution in [0, 0.1) is 0 Å². The Morgan fingerprint density at radius 3 is 2.36 bits per heavy atom. The summed E-state index contributed by atoms with van der Waals surface area (Å²) in [5, 5.41) is 39.4. The van der Waals surface area contributed by atoms with E-state index in [-0.39, 0.29) is 34.8 Å². The number of benzene rings is 2. The molecule has 4 N–H and O–H groups in total. The highest BCUT2D eigenvalue weighted by atomic mass is 16.3. The standard InChI is InChI=1S/C20H20O5/c1-12(2)19(24)11-16-18(23)10-8-15(20(16)25)17(22)9-5-13-3-6-14(21)7-4-13/h3-10,19,21,23-25H,1,11H2,2H3/b9-5+/t19-/m1/s1. The topological polar surface area (TPSA) is 98.0 Å². The van der Waals surface area contributed by atoms with Crippen LogP contribution in [0.15, 0.2) is 54.6 Å². The molecule has 5 nitrogen and oxygen atoms in total. The zero-order valence-electron chi connectivity index (χ0n) is 13.8. The van der Waals surface area contributed by atoms with Crippen molar-refractivity contribution in [2.24, 2.45) is 0 Å². The molecule has 0 aromatic heterocycles. The second kappa shape index (κ2) is 7.68. The molecule has 0 unspecified atom stereocenters. The summed E-state index contributed by atoms with van der Waals surface area (Å²) >= 11 is 0. The Kier molecular flexibility index (Phi) is 5.62. The number of phenols is 3. The van der Waals surface area contributed by atoms with Gasteiger partial charge in [0.2, 0.25) is 0 Å². The van der Waals surface area contributed by atoms with Gasteiger partial charge in [0, 0.05) is 12.0 Å². The summed E-state index contributed by atoms with van der Waals surface area (Å²) in [7, 11) is 0. The molecule has 0 fully saturated rings. The van der Waals surface area contributed by atoms with E-state index in [9.17, 15) is 25.2 Å². The Bertz CT molecular complexity index is 819. The normalized spacial score (nSPS) is 12.2. The van der Waals surface area contributed by atoms with Crippen LogP contribution in [0.3, 0.4) is 0 Å². The van der Waals surface area contributed by atoms with Gasteiger partial charge >= 0.3 is 0 Å². The monoisotopic (exact) mass is 340 g/mol. The maximum atomic E-state index is 12.3. The smallest absolute Gasteiger partial charge is 0.189 e. The van der Waals surface area contributed by atoms with Crippen LogP contribution in [0.4, 0.5) is 0 Å². The fourth-order valence-corrected chi connectivity index (χ4v) is 2.24. The highest BCUT2D eigenvalue weighted by Gasteiger charge is 2.19. The number of ketones is 1. The van der Waals surface area contributed by atoms with Gasteiger partial charge in [-0.3, -0.25) is 4.79 Å². The van der Waals surface area contributed by atoms with Gasteiger partial charge in [-0.05, 0) is 42.8 Å². The summed E-state index contributed by atoms with van der Waals surface area (Å²) in [4.78, 5) is 12.3. The Hall–Kier alpha value is -3.05. The van der Waals surface area contributed by atoms with E-state index in [0.717, 1.165) is 0 Å². The number of rotatable bonds is 6. The first-order valence-corrected chi connectivity index (χ1v) is 7.68. The number of carbonyl (C=O) groups excluding carboxylic acids is 1. The van der Waals surface area contributed by atoms with E-state index in [2.05, 4.69) is 6.58 Å². The zero-order chi connectivity index (χ0) is 18.6. The molecule has 0 heterocycles. The van der Waals surface area contributed by atoms with E-state index in [4.69, 9.17) is 0 Å². The maximum Gasteiger partial charge on any atom is 0.189 e. The van der Waals surface area contributed by atoms with Crippen molar-refractivity contribution in [3.05, 3.63) is 71.3 Å².